The number of rotatable bonds is 10. The number of benzene rings is 2. The Morgan fingerprint density at radius 1 is 1.00 bits per heavy atom. The number of hydrogen-bond donors (Lipinski definition) is 4. The Morgan fingerprint density at radius 3 is 2.37 bits per heavy atom. The third kappa shape index (κ3) is 7.15. The number of nitrogens with one attached hydrogen (secondary N) is 3. The van der Waals surface area contributed by atoms with Crippen molar-refractivity contribution in [3.63, 3.8) is 0 Å². The molecule has 5 amide bonds. The largest absolute Gasteiger partial charge is 0.497 e. The summed E-state index contributed by atoms with van der Waals surface area (Å²) >= 11 is 0. The topological polar surface area (TPSA) is 157 Å². The van der Waals surface area contributed by atoms with Crippen LogP contribution in [0.5, 0.6) is 11.5 Å². The number of aromatic nitrogens is 1. The Kier molecular flexibility index (Phi) is 9.12. The first-order valence-electron chi connectivity index (χ1n) is 13.0. The highest BCUT2D eigenvalue weighted by Crippen LogP contribution is 2.23. The molecule has 0 saturated carbocycles. The van der Waals surface area contributed by atoms with Crippen LogP contribution in [0.25, 0.3) is 0 Å². The summed E-state index contributed by atoms with van der Waals surface area (Å²) in [6.45, 7) is 0.0906. The minimum absolute atomic E-state index is 0.0906. The molecule has 0 bridgehead atoms. The summed E-state index contributed by atoms with van der Waals surface area (Å²) in [5.41, 5.74) is 7.31. The van der Waals surface area contributed by atoms with E-state index >= 15 is 0 Å². The number of aryl methyl sites for hydroxylation is 1. The first kappa shape index (κ1) is 29.0. The fourth-order valence-corrected chi connectivity index (χ4v) is 4.79. The third-order valence-corrected chi connectivity index (χ3v) is 6.95. The molecule has 2 aromatic carbocycles. The lowest BCUT2D eigenvalue weighted by atomic mass is 10.0. The second-order valence-electron chi connectivity index (χ2n) is 9.76. The molecule has 12 nitrogen and oxygen atoms in total. The average molecular weight is 563 g/mol. The molecule has 12 heteroatoms. The van der Waals surface area contributed by atoms with Gasteiger partial charge in [-0.05, 0) is 48.4 Å². The second-order valence-corrected chi connectivity index (χ2v) is 9.76. The normalized spacial score (nSPS) is 16.9. The van der Waals surface area contributed by atoms with Gasteiger partial charge in [0.2, 0.25) is 11.8 Å². The van der Waals surface area contributed by atoms with Crippen LogP contribution in [0.4, 0.5) is 10.5 Å². The highest BCUT2D eigenvalue weighted by atomic mass is 16.5. The molecular weight excluding hydrogens is 528 g/mol. The maximum Gasteiger partial charge on any atom is 0.319 e. The molecular formula is C29H34N6O6. The number of likely N-dealkylation sites (tertiary alicyclic amines) is 1. The van der Waals surface area contributed by atoms with Crippen LogP contribution in [0, 0.1) is 0 Å². The van der Waals surface area contributed by atoms with Crippen LogP contribution < -0.4 is 31.2 Å². The lowest BCUT2D eigenvalue weighted by Gasteiger charge is -2.26. The molecule has 1 aromatic heterocycles. The molecule has 1 fully saturated rings. The summed E-state index contributed by atoms with van der Waals surface area (Å²) in [7, 11) is 4.81. The summed E-state index contributed by atoms with van der Waals surface area (Å²) in [6, 6.07) is 14.3. The van der Waals surface area contributed by atoms with E-state index in [1.165, 1.54) is 12.0 Å². The average Bonchev–Trinajstić information content (AvgIpc) is 3.58. The first-order valence-corrected chi connectivity index (χ1v) is 13.0. The van der Waals surface area contributed by atoms with Gasteiger partial charge < -0.3 is 40.6 Å². The predicted octanol–water partition coefficient (Wildman–Crippen LogP) is 1.66. The van der Waals surface area contributed by atoms with E-state index in [9.17, 15) is 19.2 Å². The number of primary amides is 1. The van der Waals surface area contributed by atoms with Crippen molar-refractivity contribution in [2.24, 2.45) is 12.8 Å². The summed E-state index contributed by atoms with van der Waals surface area (Å²) in [5.74, 6) is -0.385. The van der Waals surface area contributed by atoms with Gasteiger partial charge in [-0.3, -0.25) is 14.4 Å². The van der Waals surface area contributed by atoms with Crippen LogP contribution >= 0.6 is 0 Å². The van der Waals surface area contributed by atoms with Gasteiger partial charge in [0, 0.05) is 38.0 Å². The molecule has 41 heavy (non-hydrogen) atoms. The Morgan fingerprint density at radius 2 is 1.73 bits per heavy atom. The molecule has 216 valence electrons. The monoisotopic (exact) mass is 562 g/mol. The number of anilines is 1. The molecule has 1 aliphatic heterocycles. The number of ether oxygens (including phenoxy) is 2. The number of hydrogen-bond acceptors (Lipinski definition) is 6. The maximum absolute atomic E-state index is 13.5. The smallest absolute Gasteiger partial charge is 0.319 e. The Bertz CT molecular complexity index is 1400. The molecule has 0 spiro atoms. The number of methoxy groups -OCH3 is 2. The van der Waals surface area contributed by atoms with E-state index in [1.54, 1.807) is 85.6 Å². The van der Waals surface area contributed by atoms with Crippen molar-refractivity contribution < 1.29 is 28.7 Å². The van der Waals surface area contributed by atoms with Crippen LogP contribution in [0.2, 0.25) is 0 Å². The van der Waals surface area contributed by atoms with E-state index < -0.39 is 36.0 Å². The minimum atomic E-state index is -1.01. The minimum Gasteiger partial charge on any atom is -0.497 e. The quantitative estimate of drug-likeness (QED) is 0.294. The molecule has 0 aliphatic carbocycles. The van der Waals surface area contributed by atoms with Crippen LogP contribution in [0.1, 0.15) is 22.5 Å². The van der Waals surface area contributed by atoms with E-state index in [-0.39, 0.29) is 25.3 Å². The van der Waals surface area contributed by atoms with Crippen molar-refractivity contribution >= 4 is 29.4 Å². The molecule has 2 heterocycles. The molecule has 0 radical (unpaired) electrons. The van der Waals surface area contributed by atoms with E-state index in [1.807, 2.05) is 0 Å². The summed E-state index contributed by atoms with van der Waals surface area (Å²) in [6.07, 6.45) is 2.03. The Hall–Kier alpha value is -5.00. The van der Waals surface area contributed by atoms with Gasteiger partial charge in [0.1, 0.15) is 29.3 Å². The van der Waals surface area contributed by atoms with Gasteiger partial charge >= 0.3 is 6.03 Å². The lowest BCUT2D eigenvalue weighted by Crippen LogP contribution is -2.53. The van der Waals surface area contributed by atoms with Crippen molar-refractivity contribution in [3.8, 4) is 11.5 Å². The molecule has 5 N–H and O–H groups in total. The number of nitrogens with zero attached hydrogens (tertiary/aromatic N) is 2. The van der Waals surface area contributed by atoms with Gasteiger partial charge in [0.15, 0.2) is 0 Å². The Labute approximate surface area is 237 Å². The summed E-state index contributed by atoms with van der Waals surface area (Å²) in [5, 5.41) is 8.31. The number of urea groups is 1. The fraction of sp³-hybridized carbons (Fsp3) is 0.310. The molecule has 3 atom stereocenters. The van der Waals surface area contributed by atoms with Crippen molar-refractivity contribution in [2.45, 2.75) is 31.0 Å². The molecule has 3 aromatic rings. The van der Waals surface area contributed by atoms with Crippen molar-refractivity contribution in [3.05, 3.63) is 78.1 Å². The zero-order valence-electron chi connectivity index (χ0n) is 23.1. The molecule has 0 unspecified atom stereocenters. The highest BCUT2D eigenvalue weighted by Gasteiger charge is 2.42. The molecule has 4 rings (SSSR count). The van der Waals surface area contributed by atoms with Crippen molar-refractivity contribution in [1.29, 1.82) is 0 Å². The van der Waals surface area contributed by atoms with Crippen molar-refractivity contribution in [1.82, 2.24) is 20.1 Å². The van der Waals surface area contributed by atoms with Crippen LogP contribution in [-0.4, -0.2) is 72.1 Å². The third-order valence-electron chi connectivity index (χ3n) is 6.95. The van der Waals surface area contributed by atoms with Gasteiger partial charge in [-0.2, -0.15) is 0 Å². The number of carbonyl (C=O) groups excluding carboxylic acids is 4. The summed E-state index contributed by atoms with van der Waals surface area (Å²) < 4.78 is 12.0. The zero-order chi connectivity index (χ0) is 29.5. The van der Waals surface area contributed by atoms with Gasteiger partial charge in [-0.1, -0.05) is 18.2 Å². The number of carbonyl (C=O) groups is 4. The van der Waals surface area contributed by atoms with Gasteiger partial charge in [-0.25, -0.2) is 4.79 Å². The molecule has 1 saturated heterocycles. The highest BCUT2D eigenvalue weighted by molar-refractivity contribution is 5.98. The van der Waals surface area contributed by atoms with Gasteiger partial charge in [0.05, 0.1) is 20.3 Å². The fourth-order valence-electron chi connectivity index (χ4n) is 4.79. The number of nitrogens with two attached hydrogens (primary N) is 1. The van der Waals surface area contributed by atoms with Crippen LogP contribution in [0.3, 0.4) is 0 Å². The standard InChI is InChI=1S/C29H34N6O6/c1-34-13-5-8-24(34)28(38)35-17-20(32-29(39)31-19-6-4-7-22(15-19)41-3)16-25(35)27(37)33-23(26(30)36)14-18-9-11-21(40-2)12-10-18/h4-13,15,20,23,25H,14,16-17H2,1-3H3,(H2,30,36)(H,33,37)(H2,31,32,39)/t20-,23-,25-/m0/s1. The second kappa shape index (κ2) is 12.9. The molecule has 1 aliphatic rings. The van der Waals surface area contributed by atoms with E-state index in [0.29, 0.717) is 22.9 Å². The van der Waals surface area contributed by atoms with Gasteiger partial charge in [-0.15, -0.1) is 0 Å². The maximum atomic E-state index is 13.5. The summed E-state index contributed by atoms with van der Waals surface area (Å²) in [4.78, 5) is 53.5. The van der Waals surface area contributed by atoms with E-state index in [4.69, 9.17) is 15.2 Å². The predicted molar refractivity (Wildman–Crippen MR) is 152 cm³/mol. The van der Waals surface area contributed by atoms with Gasteiger partial charge in [0.25, 0.3) is 5.91 Å². The number of amides is 5. The SMILES string of the molecule is COc1ccc(C[C@H](NC(=O)[C@@H]2C[C@H](NC(=O)Nc3cccc(OC)c3)CN2C(=O)c2cccn2C)C(N)=O)cc1. The van der Waals surface area contributed by atoms with Crippen molar-refractivity contribution in [2.75, 3.05) is 26.1 Å². The lowest BCUT2D eigenvalue weighted by molar-refractivity contribution is -0.129. The zero-order valence-corrected chi connectivity index (χ0v) is 23.1. The Balaban J connectivity index is 1.49. The first-order chi connectivity index (χ1) is 19.7. The van der Waals surface area contributed by atoms with Crippen LogP contribution in [-0.2, 0) is 23.1 Å². The van der Waals surface area contributed by atoms with E-state index in [0.717, 1.165) is 5.56 Å². The van der Waals surface area contributed by atoms with Crippen LogP contribution in [0.15, 0.2) is 66.9 Å². The van der Waals surface area contributed by atoms with E-state index in [2.05, 4.69) is 16.0 Å².